The normalized spacial score (nSPS) is 15.2. The highest BCUT2D eigenvalue weighted by molar-refractivity contribution is 5.79. The third-order valence-electron chi connectivity index (χ3n) is 4.63. The lowest BCUT2D eigenvalue weighted by molar-refractivity contribution is -0.134. The average Bonchev–Trinajstić information content (AvgIpc) is 3.06. The van der Waals surface area contributed by atoms with Gasteiger partial charge in [0, 0.05) is 57.5 Å². The summed E-state index contributed by atoms with van der Waals surface area (Å²) in [6, 6.07) is 3.83. The minimum atomic E-state index is -0.0332. The fourth-order valence-corrected chi connectivity index (χ4v) is 3.17. The summed E-state index contributed by atoms with van der Waals surface area (Å²) in [6.45, 7) is 3.31. The van der Waals surface area contributed by atoms with Gasteiger partial charge in [0.2, 0.25) is 11.8 Å². The van der Waals surface area contributed by atoms with Crippen LogP contribution in [0.2, 0.25) is 0 Å². The van der Waals surface area contributed by atoms with Crippen LogP contribution in [0.1, 0.15) is 25.3 Å². The summed E-state index contributed by atoms with van der Waals surface area (Å²) in [5, 5.41) is 7.20. The fourth-order valence-electron chi connectivity index (χ4n) is 3.17. The maximum atomic E-state index is 12.4. The van der Waals surface area contributed by atoms with Gasteiger partial charge in [-0.15, -0.1) is 0 Å². The largest absolute Gasteiger partial charge is 0.352 e. The van der Waals surface area contributed by atoms with E-state index in [1.165, 1.54) is 0 Å². The van der Waals surface area contributed by atoms with Gasteiger partial charge in [-0.25, -0.2) is 0 Å². The molecule has 0 aliphatic carbocycles. The highest BCUT2D eigenvalue weighted by Crippen LogP contribution is 2.21. The van der Waals surface area contributed by atoms with Crippen LogP contribution < -0.4 is 5.32 Å². The molecule has 1 aliphatic rings. The molecule has 7 heteroatoms. The van der Waals surface area contributed by atoms with Gasteiger partial charge in [0.15, 0.2) is 0 Å². The molecule has 1 saturated heterocycles. The maximum absolute atomic E-state index is 12.4. The second-order valence-electron chi connectivity index (χ2n) is 6.41. The van der Waals surface area contributed by atoms with E-state index in [1.807, 2.05) is 25.4 Å². The molecule has 1 fully saturated rings. The molecule has 0 bridgehead atoms. The van der Waals surface area contributed by atoms with Crippen molar-refractivity contribution in [2.45, 2.75) is 26.3 Å². The molecular formula is C18H23N5O2. The van der Waals surface area contributed by atoms with Crippen molar-refractivity contribution in [2.24, 2.45) is 13.0 Å². The number of aromatic nitrogens is 3. The van der Waals surface area contributed by atoms with Crippen LogP contribution in [0.5, 0.6) is 0 Å². The number of nitrogens with zero attached hydrogens (tertiary/aromatic N) is 4. The topological polar surface area (TPSA) is 80.1 Å². The molecule has 2 aromatic heterocycles. The van der Waals surface area contributed by atoms with Crippen molar-refractivity contribution >= 4 is 11.8 Å². The standard InChI is InChI=1S/C18H23N5O2/c1-13(24)23-8-5-14(6-9-23)18(25)20-10-15-4-3-7-19-17(15)16-11-21-22(2)12-16/h3-4,7,11-12,14H,5-6,8-10H2,1-2H3,(H,20,25). The van der Waals surface area contributed by atoms with Crippen LogP contribution in [-0.2, 0) is 23.2 Å². The Hall–Kier alpha value is -2.70. The van der Waals surface area contributed by atoms with E-state index in [9.17, 15) is 9.59 Å². The van der Waals surface area contributed by atoms with E-state index in [2.05, 4.69) is 15.4 Å². The predicted molar refractivity (Wildman–Crippen MR) is 93.3 cm³/mol. The number of hydrogen-bond donors (Lipinski definition) is 1. The van der Waals surface area contributed by atoms with E-state index in [0.717, 1.165) is 16.8 Å². The van der Waals surface area contributed by atoms with Crippen LogP contribution in [0.3, 0.4) is 0 Å². The zero-order valence-corrected chi connectivity index (χ0v) is 14.6. The zero-order valence-electron chi connectivity index (χ0n) is 14.6. The van der Waals surface area contributed by atoms with Crippen molar-refractivity contribution in [2.75, 3.05) is 13.1 Å². The second kappa shape index (κ2) is 7.46. The molecule has 1 aliphatic heterocycles. The maximum Gasteiger partial charge on any atom is 0.223 e. The van der Waals surface area contributed by atoms with E-state index < -0.39 is 0 Å². The van der Waals surface area contributed by atoms with Gasteiger partial charge < -0.3 is 10.2 Å². The van der Waals surface area contributed by atoms with E-state index in [1.54, 1.807) is 28.9 Å². The molecule has 0 saturated carbocycles. The molecule has 25 heavy (non-hydrogen) atoms. The smallest absolute Gasteiger partial charge is 0.223 e. The van der Waals surface area contributed by atoms with Gasteiger partial charge in [-0.1, -0.05) is 6.07 Å². The SMILES string of the molecule is CC(=O)N1CCC(C(=O)NCc2cccnc2-c2cnn(C)c2)CC1. The van der Waals surface area contributed by atoms with E-state index in [-0.39, 0.29) is 17.7 Å². The number of piperidine rings is 1. The van der Waals surface area contributed by atoms with Crippen molar-refractivity contribution in [3.8, 4) is 11.3 Å². The van der Waals surface area contributed by atoms with Crippen LogP contribution in [0.25, 0.3) is 11.3 Å². The molecule has 7 nitrogen and oxygen atoms in total. The number of amides is 2. The number of aryl methyl sites for hydroxylation is 1. The summed E-state index contributed by atoms with van der Waals surface area (Å²) in [5.74, 6) is 0.0913. The molecule has 2 aromatic rings. The zero-order chi connectivity index (χ0) is 17.8. The van der Waals surface area contributed by atoms with Crippen molar-refractivity contribution in [3.63, 3.8) is 0 Å². The molecule has 132 valence electrons. The number of pyridine rings is 1. The van der Waals surface area contributed by atoms with Crippen LogP contribution in [0, 0.1) is 5.92 Å². The number of rotatable bonds is 4. The third kappa shape index (κ3) is 4.04. The van der Waals surface area contributed by atoms with Gasteiger partial charge in [-0.3, -0.25) is 19.3 Å². The Balaban J connectivity index is 1.61. The lowest BCUT2D eigenvalue weighted by Gasteiger charge is -2.30. The third-order valence-corrected chi connectivity index (χ3v) is 4.63. The molecule has 2 amide bonds. The monoisotopic (exact) mass is 341 g/mol. The van der Waals surface area contributed by atoms with E-state index >= 15 is 0 Å². The second-order valence-corrected chi connectivity index (χ2v) is 6.41. The highest BCUT2D eigenvalue weighted by atomic mass is 16.2. The minimum absolute atomic E-state index is 0.0332. The van der Waals surface area contributed by atoms with Gasteiger partial charge in [-0.05, 0) is 24.5 Å². The van der Waals surface area contributed by atoms with Gasteiger partial charge >= 0.3 is 0 Å². The van der Waals surface area contributed by atoms with Gasteiger partial charge in [-0.2, -0.15) is 5.10 Å². The minimum Gasteiger partial charge on any atom is -0.352 e. The number of likely N-dealkylation sites (tertiary alicyclic amines) is 1. The Morgan fingerprint density at radius 2 is 2.08 bits per heavy atom. The van der Waals surface area contributed by atoms with Crippen molar-refractivity contribution in [1.82, 2.24) is 25.0 Å². The summed E-state index contributed by atoms with van der Waals surface area (Å²) < 4.78 is 1.73. The molecule has 0 atom stereocenters. The molecular weight excluding hydrogens is 318 g/mol. The van der Waals surface area contributed by atoms with E-state index in [4.69, 9.17) is 0 Å². The first-order chi connectivity index (χ1) is 12.0. The number of hydrogen-bond acceptors (Lipinski definition) is 4. The molecule has 0 spiro atoms. The molecule has 3 heterocycles. The first-order valence-electron chi connectivity index (χ1n) is 8.50. The van der Waals surface area contributed by atoms with E-state index in [0.29, 0.717) is 32.5 Å². The summed E-state index contributed by atoms with van der Waals surface area (Å²) in [7, 11) is 1.86. The lowest BCUT2D eigenvalue weighted by atomic mass is 9.95. The van der Waals surface area contributed by atoms with Crippen LogP contribution >= 0.6 is 0 Å². The Morgan fingerprint density at radius 1 is 1.32 bits per heavy atom. The van der Waals surface area contributed by atoms with Crippen molar-refractivity contribution < 1.29 is 9.59 Å². The van der Waals surface area contributed by atoms with Gasteiger partial charge in [0.25, 0.3) is 0 Å². The van der Waals surface area contributed by atoms with Crippen molar-refractivity contribution in [3.05, 3.63) is 36.3 Å². The van der Waals surface area contributed by atoms with Crippen LogP contribution in [0.15, 0.2) is 30.7 Å². The summed E-state index contributed by atoms with van der Waals surface area (Å²) in [4.78, 5) is 30.1. The molecule has 0 unspecified atom stereocenters. The first kappa shape index (κ1) is 17.1. The number of nitrogens with one attached hydrogen (secondary N) is 1. The van der Waals surface area contributed by atoms with Crippen molar-refractivity contribution in [1.29, 1.82) is 0 Å². The van der Waals surface area contributed by atoms with Crippen LogP contribution in [-0.4, -0.2) is 44.6 Å². The molecule has 0 radical (unpaired) electrons. The molecule has 0 aromatic carbocycles. The Bertz CT molecular complexity index is 762. The predicted octanol–water partition coefficient (Wildman–Crippen LogP) is 1.36. The Labute approximate surface area is 147 Å². The Morgan fingerprint density at radius 3 is 2.72 bits per heavy atom. The average molecular weight is 341 g/mol. The summed E-state index contributed by atoms with van der Waals surface area (Å²) >= 11 is 0. The number of carbonyl (C=O) groups is 2. The molecule has 1 N–H and O–H groups in total. The van der Waals surface area contributed by atoms with Crippen LogP contribution in [0.4, 0.5) is 0 Å². The van der Waals surface area contributed by atoms with Gasteiger partial charge in [0.05, 0.1) is 11.9 Å². The number of carbonyl (C=O) groups excluding carboxylic acids is 2. The first-order valence-corrected chi connectivity index (χ1v) is 8.50. The fraction of sp³-hybridized carbons (Fsp3) is 0.444. The quantitative estimate of drug-likeness (QED) is 0.910. The Kier molecular flexibility index (Phi) is 5.11. The highest BCUT2D eigenvalue weighted by Gasteiger charge is 2.25. The molecule has 3 rings (SSSR count). The summed E-state index contributed by atoms with van der Waals surface area (Å²) in [6.07, 6.45) is 6.85. The van der Waals surface area contributed by atoms with Gasteiger partial charge in [0.1, 0.15) is 0 Å². The lowest BCUT2D eigenvalue weighted by Crippen LogP contribution is -2.42. The summed E-state index contributed by atoms with van der Waals surface area (Å²) in [5.41, 5.74) is 2.73.